The number of rotatable bonds is 5. The first-order valence-corrected chi connectivity index (χ1v) is 8.36. The van der Waals surface area contributed by atoms with Crippen molar-refractivity contribution in [3.8, 4) is 0 Å². The van der Waals surface area contributed by atoms with Crippen LogP contribution in [-0.4, -0.2) is 51.5 Å². The van der Waals surface area contributed by atoms with Gasteiger partial charge in [-0.3, -0.25) is 0 Å². The van der Waals surface area contributed by atoms with Crippen LogP contribution in [0.15, 0.2) is 12.4 Å². The predicted molar refractivity (Wildman–Crippen MR) is 91.8 cm³/mol. The Bertz CT molecular complexity index is 494. The molecule has 6 nitrogen and oxygen atoms in total. The standard InChI is InChI=1S/C16H28BN3O3/c1-15(2,21)16(3,4)23-17(22)13-11-18-14(19-12-13)20-9-7-5-6-8-10-20/h11-12,21-22H,5-10H2,1-4H3. The van der Waals surface area contributed by atoms with Gasteiger partial charge in [-0.25, -0.2) is 9.97 Å². The highest BCUT2D eigenvalue weighted by atomic mass is 16.5. The summed E-state index contributed by atoms with van der Waals surface area (Å²) >= 11 is 0. The van der Waals surface area contributed by atoms with Crippen molar-refractivity contribution in [2.75, 3.05) is 18.0 Å². The van der Waals surface area contributed by atoms with Crippen LogP contribution in [0.3, 0.4) is 0 Å². The third kappa shape index (κ3) is 4.65. The lowest BCUT2D eigenvalue weighted by Crippen LogP contribution is -2.53. The Hall–Kier alpha value is -1.18. The molecule has 7 heteroatoms. The van der Waals surface area contributed by atoms with Crippen molar-refractivity contribution in [2.45, 2.75) is 64.6 Å². The van der Waals surface area contributed by atoms with Crippen LogP contribution in [0.2, 0.25) is 0 Å². The first-order chi connectivity index (χ1) is 10.7. The number of nitrogens with zero attached hydrogens (tertiary/aromatic N) is 3. The minimum absolute atomic E-state index is 0.487. The number of hydrogen-bond donors (Lipinski definition) is 2. The summed E-state index contributed by atoms with van der Waals surface area (Å²) in [6.45, 7) is 8.73. The highest BCUT2D eigenvalue weighted by Crippen LogP contribution is 2.25. The van der Waals surface area contributed by atoms with Gasteiger partial charge in [-0.15, -0.1) is 0 Å². The second-order valence-corrected chi connectivity index (χ2v) is 7.26. The Morgan fingerprint density at radius 1 is 1.04 bits per heavy atom. The third-order valence-electron chi connectivity index (χ3n) is 4.71. The molecule has 0 radical (unpaired) electrons. The van der Waals surface area contributed by atoms with E-state index in [1.54, 1.807) is 40.1 Å². The van der Waals surface area contributed by atoms with E-state index >= 15 is 0 Å². The monoisotopic (exact) mass is 321 g/mol. The lowest BCUT2D eigenvalue weighted by molar-refractivity contribution is -0.0982. The lowest BCUT2D eigenvalue weighted by Gasteiger charge is -2.38. The maximum atomic E-state index is 10.2. The SMILES string of the molecule is CC(C)(O)C(C)(C)OB(O)c1cnc(N2CCCCCC2)nc1. The molecule has 0 amide bonds. The van der Waals surface area contributed by atoms with Crippen molar-refractivity contribution in [2.24, 2.45) is 0 Å². The second-order valence-electron chi connectivity index (χ2n) is 7.26. The van der Waals surface area contributed by atoms with Gasteiger partial charge in [-0.05, 0) is 40.5 Å². The van der Waals surface area contributed by atoms with Crippen LogP contribution in [0, 0.1) is 0 Å². The third-order valence-corrected chi connectivity index (χ3v) is 4.71. The van der Waals surface area contributed by atoms with Crippen LogP contribution in [0.1, 0.15) is 53.4 Å². The van der Waals surface area contributed by atoms with Gasteiger partial charge in [-0.2, -0.15) is 0 Å². The zero-order valence-corrected chi connectivity index (χ0v) is 14.6. The minimum Gasteiger partial charge on any atom is -0.423 e. The van der Waals surface area contributed by atoms with Crippen molar-refractivity contribution in [1.29, 1.82) is 0 Å². The normalized spacial score (nSPS) is 17.0. The van der Waals surface area contributed by atoms with E-state index in [2.05, 4.69) is 14.9 Å². The maximum Gasteiger partial charge on any atom is 0.494 e. The molecule has 0 aliphatic carbocycles. The van der Waals surface area contributed by atoms with Gasteiger partial charge in [-0.1, -0.05) is 12.8 Å². The van der Waals surface area contributed by atoms with Gasteiger partial charge in [0.05, 0.1) is 11.2 Å². The summed E-state index contributed by atoms with van der Waals surface area (Å²) in [4.78, 5) is 10.9. The van der Waals surface area contributed by atoms with Crippen LogP contribution in [0.4, 0.5) is 5.95 Å². The van der Waals surface area contributed by atoms with Crippen molar-refractivity contribution < 1.29 is 14.8 Å². The smallest absolute Gasteiger partial charge is 0.423 e. The average Bonchev–Trinajstić information content (AvgIpc) is 2.75. The summed E-state index contributed by atoms with van der Waals surface area (Å²) in [5.74, 6) is 0.699. The van der Waals surface area contributed by atoms with E-state index in [4.69, 9.17) is 4.65 Å². The van der Waals surface area contributed by atoms with E-state index < -0.39 is 18.3 Å². The van der Waals surface area contributed by atoms with E-state index in [1.807, 2.05) is 0 Å². The van der Waals surface area contributed by atoms with E-state index in [9.17, 15) is 10.1 Å². The summed E-state index contributed by atoms with van der Waals surface area (Å²) in [5, 5.41) is 20.3. The predicted octanol–water partition coefficient (Wildman–Crippen LogP) is 1.11. The fourth-order valence-electron chi connectivity index (χ4n) is 2.38. The van der Waals surface area contributed by atoms with Gasteiger partial charge in [0.25, 0.3) is 0 Å². The molecule has 23 heavy (non-hydrogen) atoms. The van der Waals surface area contributed by atoms with Gasteiger partial charge in [0.15, 0.2) is 0 Å². The topological polar surface area (TPSA) is 78.7 Å². The van der Waals surface area contributed by atoms with Crippen LogP contribution in [0.5, 0.6) is 0 Å². The fourth-order valence-corrected chi connectivity index (χ4v) is 2.38. The van der Waals surface area contributed by atoms with Gasteiger partial charge in [0, 0.05) is 30.9 Å². The molecule has 0 bridgehead atoms. The van der Waals surface area contributed by atoms with Crippen LogP contribution < -0.4 is 10.4 Å². The zero-order valence-electron chi connectivity index (χ0n) is 14.6. The zero-order chi connectivity index (χ0) is 17.1. The molecule has 1 fully saturated rings. The lowest BCUT2D eigenvalue weighted by atomic mass is 9.78. The Balaban J connectivity index is 2.04. The Morgan fingerprint density at radius 2 is 1.57 bits per heavy atom. The largest absolute Gasteiger partial charge is 0.494 e. The first kappa shape index (κ1) is 18.2. The highest BCUT2D eigenvalue weighted by molar-refractivity contribution is 6.59. The average molecular weight is 321 g/mol. The molecule has 2 rings (SSSR count). The van der Waals surface area contributed by atoms with E-state index in [0.717, 1.165) is 25.9 Å². The Morgan fingerprint density at radius 3 is 2.04 bits per heavy atom. The van der Waals surface area contributed by atoms with Gasteiger partial charge in [0.2, 0.25) is 5.95 Å². The minimum atomic E-state index is -1.17. The molecule has 128 valence electrons. The van der Waals surface area contributed by atoms with Gasteiger partial charge in [0.1, 0.15) is 0 Å². The molecule has 1 aliphatic rings. The van der Waals surface area contributed by atoms with Crippen molar-refractivity contribution >= 4 is 18.5 Å². The molecule has 1 aromatic rings. The van der Waals surface area contributed by atoms with Gasteiger partial charge < -0.3 is 19.7 Å². The Kier molecular flexibility index (Phi) is 5.65. The van der Waals surface area contributed by atoms with Crippen LogP contribution in [-0.2, 0) is 4.65 Å². The summed E-state index contributed by atoms with van der Waals surface area (Å²) in [7, 11) is -1.17. The van der Waals surface area contributed by atoms with Crippen molar-refractivity contribution in [3.63, 3.8) is 0 Å². The first-order valence-electron chi connectivity index (χ1n) is 8.36. The fraction of sp³-hybridized carbons (Fsp3) is 0.750. The van der Waals surface area contributed by atoms with Crippen LogP contribution >= 0.6 is 0 Å². The number of aliphatic hydroxyl groups is 1. The quantitative estimate of drug-likeness (QED) is 0.791. The molecule has 0 saturated carbocycles. The number of hydrogen-bond acceptors (Lipinski definition) is 6. The van der Waals surface area contributed by atoms with Crippen molar-refractivity contribution in [1.82, 2.24) is 9.97 Å². The maximum absolute atomic E-state index is 10.2. The van der Waals surface area contributed by atoms with Gasteiger partial charge >= 0.3 is 7.12 Å². The van der Waals surface area contributed by atoms with E-state index in [1.165, 1.54) is 12.8 Å². The van der Waals surface area contributed by atoms with E-state index in [-0.39, 0.29) is 0 Å². The summed E-state index contributed by atoms with van der Waals surface area (Å²) in [6, 6.07) is 0. The molecule has 1 aliphatic heterocycles. The summed E-state index contributed by atoms with van der Waals surface area (Å²) < 4.78 is 5.61. The molecule has 2 heterocycles. The molecule has 2 N–H and O–H groups in total. The molecule has 1 aromatic heterocycles. The molecule has 0 spiro atoms. The molecule has 1 saturated heterocycles. The Labute approximate surface area is 139 Å². The van der Waals surface area contributed by atoms with Crippen molar-refractivity contribution in [3.05, 3.63) is 12.4 Å². The summed E-state index contributed by atoms with van der Waals surface area (Å²) in [5.41, 5.74) is -1.50. The molecule has 0 aromatic carbocycles. The summed E-state index contributed by atoms with van der Waals surface area (Å²) in [6.07, 6.45) is 8.03. The second kappa shape index (κ2) is 7.15. The van der Waals surface area contributed by atoms with Crippen LogP contribution in [0.25, 0.3) is 0 Å². The molecular weight excluding hydrogens is 293 g/mol. The molecule has 0 unspecified atom stereocenters. The molecule has 0 atom stereocenters. The number of aromatic nitrogens is 2. The highest BCUT2D eigenvalue weighted by Gasteiger charge is 2.39. The number of anilines is 1. The molecular formula is C16H28BN3O3. The van der Waals surface area contributed by atoms with E-state index in [0.29, 0.717) is 11.4 Å².